The van der Waals surface area contributed by atoms with E-state index >= 15 is 0 Å². The molecular weight excluding hydrogens is 664 g/mol. The van der Waals surface area contributed by atoms with Gasteiger partial charge in [-0.25, -0.2) is 0 Å². The minimum atomic E-state index is -0.293. The van der Waals surface area contributed by atoms with Gasteiger partial charge in [0.15, 0.2) is 34.5 Å². The van der Waals surface area contributed by atoms with Gasteiger partial charge in [-0.3, -0.25) is 0 Å². The third-order valence-corrected chi connectivity index (χ3v) is 8.65. The van der Waals surface area contributed by atoms with Crippen LogP contribution in [0.4, 0.5) is 0 Å². The molecule has 0 amide bonds. The normalized spacial score (nSPS) is 11.0. The number of aryl methyl sites for hydroxylation is 6. The van der Waals surface area contributed by atoms with E-state index in [0.717, 1.165) is 22.3 Å². The van der Waals surface area contributed by atoms with E-state index in [2.05, 4.69) is 0 Å². The highest BCUT2D eigenvalue weighted by Crippen LogP contribution is 2.41. The molecule has 0 aromatic heterocycles. The largest absolute Gasteiger partial charge is 0.508 e. The molecule has 0 fully saturated rings. The van der Waals surface area contributed by atoms with Crippen LogP contribution in [0.3, 0.4) is 0 Å². The molecule has 8 N–H and O–H groups in total. The molecule has 0 heterocycles. The van der Waals surface area contributed by atoms with Crippen molar-refractivity contribution in [2.45, 2.75) is 38.5 Å². The first-order chi connectivity index (χ1) is 25.0. The van der Waals surface area contributed by atoms with Gasteiger partial charge in [-0.2, -0.15) is 0 Å². The van der Waals surface area contributed by atoms with Crippen molar-refractivity contribution in [1.82, 2.24) is 0 Å². The topological polar surface area (TPSA) is 180 Å². The molecule has 0 spiro atoms. The predicted octanol–water partition coefficient (Wildman–Crippen LogP) is 8.27. The molecule has 10 nitrogen and oxygen atoms in total. The molecule has 0 aliphatic rings. The fourth-order valence-corrected chi connectivity index (χ4v) is 5.90. The van der Waals surface area contributed by atoms with E-state index in [4.69, 9.17) is 9.47 Å². The molecule has 52 heavy (non-hydrogen) atoms. The van der Waals surface area contributed by atoms with E-state index in [1.54, 1.807) is 72.8 Å². The van der Waals surface area contributed by atoms with E-state index in [1.165, 1.54) is 24.3 Å². The number of phenolic OH excluding ortho intramolecular Hbond substituents is 8. The second-order valence-corrected chi connectivity index (χ2v) is 12.6. The van der Waals surface area contributed by atoms with Gasteiger partial charge in [-0.1, -0.05) is 30.3 Å². The molecule has 0 aliphatic carbocycles. The molecule has 0 atom stereocenters. The van der Waals surface area contributed by atoms with E-state index in [9.17, 15) is 40.9 Å². The summed E-state index contributed by atoms with van der Waals surface area (Å²) in [6.45, 7) is 0. The summed E-state index contributed by atoms with van der Waals surface area (Å²) in [5.74, 6) is -0.254. The lowest BCUT2D eigenvalue weighted by atomic mass is 10.0. The van der Waals surface area contributed by atoms with Crippen molar-refractivity contribution < 1.29 is 50.3 Å². The van der Waals surface area contributed by atoms with Crippen LogP contribution in [0.15, 0.2) is 109 Å². The smallest absolute Gasteiger partial charge is 0.169 e. The Kier molecular flexibility index (Phi) is 10.5. The molecule has 6 aromatic rings. The van der Waals surface area contributed by atoms with Gasteiger partial charge < -0.3 is 50.3 Å². The highest BCUT2D eigenvalue weighted by Gasteiger charge is 2.16. The third kappa shape index (κ3) is 8.91. The second kappa shape index (κ2) is 15.5. The van der Waals surface area contributed by atoms with E-state index in [1.807, 2.05) is 12.1 Å². The standard InChI is InChI=1S/C42H38O10/c43-31-5-1-3-25(15-31)9-12-29-20-41(39(49)23-36(29)46)51-33-17-28(8-7-27-11-14-35(45)38(48)19-27)18-34(22-33)52-42-21-30(37(47)24-40(42)50)13-10-26-4-2-6-32(44)16-26/h1-6,11,14-24,43-50H,7-10,12-13H2. The van der Waals surface area contributed by atoms with Crippen LogP contribution in [0.5, 0.6) is 69.0 Å². The number of phenols is 8. The van der Waals surface area contributed by atoms with Crippen molar-refractivity contribution in [3.63, 3.8) is 0 Å². The summed E-state index contributed by atoms with van der Waals surface area (Å²) in [6, 6.07) is 28.8. The third-order valence-electron chi connectivity index (χ3n) is 8.65. The van der Waals surface area contributed by atoms with Crippen molar-refractivity contribution in [3.8, 4) is 69.0 Å². The summed E-state index contributed by atoms with van der Waals surface area (Å²) in [5.41, 5.74) is 4.28. The fraction of sp³-hybridized carbons (Fsp3) is 0.143. The highest BCUT2D eigenvalue weighted by molar-refractivity contribution is 5.54. The van der Waals surface area contributed by atoms with Crippen LogP contribution in [0, 0.1) is 0 Å². The van der Waals surface area contributed by atoms with Gasteiger partial charge in [0.2, 0.25) is 0 Å². The lowest BCUT2D eigenvalue weighted by Gasteiger charge is -2.16. The van der Waals surface area contributed by atoms with Gasteiger partial charge in [0.05, 0.1) is 0 Å². The van der Waals surface area contributed by atoms with Crippen molar-refractivity contribution in [2.24, 2.45) is 0 Å². The lowest BCUT2D eigenvalue weighted by molar-refractivity contribution is 0.392. The summed E-state index contributed by atoms with van der Waals surface area (Å²) >= 11 is 0. The van der Waals surface area contributed by atoms with Crippen LogP contribution >= 0.6 is 0 Å². The summed E-state index contributed by atoms with van der Waals surface area (Å²) in [6.07, 6.45) is 2.74. The Morgan fingerprint density at radius 3 is 1.27 bits per heavy atom. The fourth-order valence-electron chi connectivity index (χ4n) is 5.90. The molecule has 0 aliphatic heterocycles. The van der Waals surface area contributed by atoms with Crippen molar-refractivity contribution >= 4 is 0 Å². The zero-order valence-corrected chi connectivity index (χ0v) is 28.0. The summed E-state index contributed by atoms with van der Waals surface area (Å²) < 4.78 is 12.4. The van der Waals surface area contributed by atoms with Crippen LogP contribution in [-0.2, 0) is 38.5 Å². The van der Waals surface area contributed by atoms with Crippen molar-refractivity contribution in [3.05, 3.63) is 143 Å². The number of aromatic hydroxyl groups is 8. The molecule has 0 unspecified atom stereocenters. The van der Waals surface area contributed by atoms with E-state index in [0.29, 0.717) is 49.7 Å². The first-order valence-corrected chi connectivity index (χ1v) is 16.6. The van der Waals surface area contributed by atoms with Gasteiger partial charge in [0.25, 0.3) is 0 Å². The molecule has 0 radical (unpaired) electrons. The summed E-state index contributed by atoms with van der Waals surface area (Å²) in [7, 11) is 0. The summed E-state index contributed by atoms with van der Waals surface area (Å²) in [5, 5.41) is 82.0. The van der Waals surface area contributed by atoms with Crippen LogP contribution in [0.2, 0.25) is 0 Å². The summed E-state index contributed by atoms with van der Waals surface area (Å²) in [4.78, 5) is 0. The van der Waals surface area contributed by atoms with Gasteiger partial charge in [0.1, 0.15) is 34.5 Å². The zero-order valence-electron chi connectivity index (χ0n) is 28.0. The first kappa shape index (κ1) is 35.2. The number of hydrogen-bond acceptors (Lipinski definition) is 10. The zero-order chi connectivity index (χ0) is 36.8. The maximum Gasteiger partial charge on any atom is 0.169 e. The molecule has 6 rings (SSSR count). The SMILES string of the molecule is Oc1cccc(CCc2cc(Oc3cc(CCc4ccc(O)c(O)c4)cc(Oc4cc(CCc5cccc(O)c5)c(O)cc4O)c3)c(O)cc2O)c1. The quantitative estimate of drug-likeness (QED) is 0.0546. The van der Waals surface area contributed by atoms with E-state index in [-0.39, 0.29) is 69.0 Å². The molecule has 0 saturated carbocycles. The Morgan fingerprint density at radius 1 is 0.327 bits per heavy atom. The van der Waals surface area contributed by atoms with Gasteiger partial charge in [-0.15, -0.1) is 0 Å². The van der Waals surface area contributed by atoms with Crippen LogP contribution in [0.25, 0.3) is 0 Å². The van der Waals surface area contributed by atoms with E-state index < -0.39 is 0 Å². The number of rotatable bonds is 13. The Hall–Kier alpha value is -6.68. The van der Waals surface area contributed by atoms with Crippen LogP contribution in [0.1, 0.15) is 33.4 Å². The van der Waals surface area contributed by atoms with Gasteiger partial charge in [-0.05, 0) is 133 Å². The molecule has 266 valence electrons. The van der Waals surface area contributed by atoms with Gasteiger partial charge >= 0.3 is 0 Å². The molecule has 0 bridgehead atoms. The number of ether oxygens (including phenoxy) is 2. The van der Waals surface area contributed by atoms with Gasteiger partial charge in [0, 0.05) is 18.2 Å². The first-order valence-electron chi connectivity index (χ1n) is 16.6. The average Bonchev–Trinajstić information content (AvgIpc) is 3.10. The average molecular weight is 703 g/mol. The van der Waals surface area contributed by atoms with Crippen molar-refractivity contribution in [1.29, 1.82) is 0 Å². The highest BCUT2D eigenvalue weighted by atomic mass is 16.5. The molecule has 0 saturated heterocycles. The Bertz CT molecular complexity index is 2090. The lowest BCUT2D eigenvalue weighted by Crippen LogP contribution is -1.97. The minimum Gasteiger partial charge on any atom is -0.508 e. The minimum absolute atomic E-state index is 0.0805. The number of hydrogen-bond donors (Lipinski definition) is 8. The Balaban J connectivity index is 1.28. The predicted molar refractivity (Wildman–Crippen MR) is 194 cm³/mol. The molecule has 6 aromatic carbocycles. The Morgan fingerprint density at radius 2 is 0.788 bits per heavy atom. The monoisotopic (exact) mass is 702 g/mol. The maximum atomic E-state index is 10.7. The van der Waals surface area contributed by atoms with Crippen LogP contribution < -0.4 is 9.47 Å². The molecular formula is C42H38O10. The number of benzene rings is 6. The maximum absolute atomic E-state index is 10.7. The molecule has 10 heteroatoms. The van der Waals surface area contributed by atoms with Crippen LogP contribution in [-0.4, -0.2) is 40.9 Å². The Labute approximate surface area is 299 Å². The van der Waals surface area contributed by atoms with Crippen molar-refractivity contribution in [2.75, 3.05) is 0 Å². The second-order valence-electron chi connectivity index (χ2n) is 12.6.